The maximum atomic E-state index is 11.9. The van der Waals surface area contributed by atoms with Gasteiger partial charge < -0.3 is 14.5 Å². The number of hydrogen-bond donors (Lipinski definition) is 1. The molecule has 0 fully saturated rings. The van der Waals surface area contributed by atoms with Crippen molar-refractivity contribution in [2.75, 3.05) is 13.7 Å². The van der Waals surface area contributed by atoms with Gasteiger partial charge in [0.25, 0.3) is 5.91 Å². The van der Waals surface area contributed by atoms with Crippen LogP contribution in [0.2, 0.25) is 0 Å². The molecular weight excluding hydrogens is 310 g/mol. The molecule has 19 heavy (non-hydrogen) atoms. The number of fused-ring (bicyclic) bond motifs is 1. The van der Waals surface area contributed by atoms with Crippen molar-refractivity contribution in [3.8, 4) is 0 Å². The fourth-order valence-electron chi connectivity index (χ4n) is 1.83. The maximum Gasteiger partial charge on any atom is 0.254 e. The van der Waals surface area contributed by atoms with E-state index in [0.717, 1.165) is 15.4 Å². The highest BCUT2D eigenvalue weighted by Crippen LogP contribution is 2.32. The highest BCUT2D eigenvalue weighted by molar-refractivity contribution is 9.10. The number of nitrogens with one attached hydrogen (secondary N) is 1. The van der Waals surface area contributed by atoms with Crippen molar-refractivity contribution in [3.05, 3.63) is 40.6 Å². The molecule has 1 heterocycles. The van der Waals surface area contributed by atoms with E-state index >= 15 is 0 Å². The maximum absolute atomic E-state index is 11.9. The number of furan rings is 1. The molecule has 0 aliphatic rings. The lowest BCUT2D eigenvalue weighted by Crippen LogP contribution is -2.18. The topological polar surface area (TPSA) is 51.5 Å². The molecule has 1 aromatic heterocycles. The van der Waals surface area contributed by atoms with Crippen LogP contribution >= 0.6 is 15.9 Å². The first-order chi connectivity index (χ1) is 9.08. The Kier molecular flexibility index (Phi) is 3.95. The summed E-state index contributed by atoms with van der Waals surface area (Å²) >= 11 is 3.40. The Hall–Kier alpha value is -1.75. The van der Waals surface area contributed by atoms with Gasteiger partial charge in [0.2, 0.25) is 0 Å². The molecule has 0 saturated heterocycles. The number of amides is 1. The summed E-state index contributed by atoms with van der Waals surface area (Å²) in [7, 11) is 1.58. The standard InChI is InChI=1S/C14H14BrNO3/c1-4-18-8(2)9-5-10-12(15)7-19-13(10)11(6-9)14(17)16-3/h5-7H,2,4H2,1,3H3,(H,16,17). The van der Waals surface area contributed by atoms with E-state index in [0.29, 0.717) is 23.5 Å². The average Bonchev–Trinajstić information content (AvgIpc) is 2.79. The molecule has 0 spiro atoms. The van der Waals surface area contributed by atoms with Crippen molar-refractivity contribution < 1.29 is 13.9 Å². The van der Waals surface area contributed by atoms with E-state index in [-0.39, 0.29) is 5.91 Å². The lowest BCUT2D eigenvalue weighted by molar-refractivity contribution is 0.0963. The molecule has 0 aliphatic carbocycles. The van der Waals surface area contributed by atoms with Gasteiger partial charge in [0.15, 0.2) is 0 Å². The second-order valence-electron chi connectivity index (χ2n) is 3.92. The molecule has 1 N–H and O–H groups in total. The van der Waals surface area contributed by atoms with Gasteiger partial charge >= 0.3 is 0 Å². The summed E-state index contributed by atoms with van der Waals surface area (Å²) in [6.45, 7) is 6.27. The Labute approximate surface area is 119 Å². The second-order valence-corrected chi connectivity index (χ2v) is 4.77. The zero-order valence-electron chi connectivity index (χ0n) is 10.7. The van der Waals surface area contributed by atoms with Gasteiger partial charge in [-0.1, -0.05) is 6.58 Å². The third kappa shape index (κ3) is 2.51. The first kappa shape index (κ1) is 13.7. The number of carbonyl (C=O) groups is 1. The number of halogens is 1. The molecule has 0 unspecified atom stereocenters. The van der Waals surface area contributed by atoms with Crippen LogP contribution in [-0.2, 0) is 4.74 Å². The van der Waals surface area contributed by atoms with Crippen molar-refractivity contribution in [1.82, 2.24) is 5.32 Å². The Morgan fingerprint density at radius 3 is 2.89 bits per heavy atom. The van der Waals surface area contributed by atoms with Crippen molar-refractivity contribution in [1.29, 1.82) is 0 Å². The Morgan fingerprint density at radius 2 is 2.26 bits per heavy atom. The van der Waals surface area contributed by atoms with Crippen LogP contribution in [0.15, 0.2) is 33.9 Å². The molecule has 0 bridgehead atoms. The minimum absolute atomic E-state index is 0.210. The fraction of sp³-hybridized carbons (Fsp3) is 0.214. The molecule has 5 heteroatoms. The third-order valence-corrected chi connectivity index (χ3v) is 3.35. The third-order valence-electron chi connectivity index (χ3n) is 2.74. The van der Waals surface area contributed by atoms with Crippen molar-refractivity contribution in [2.24, 2.45) is 0 Å². The summed E-state index contributed by atoms with van der Waals surface area (Å²) in [6.07, 6.45) is 1.56. The zero-order valence-corrected chi connectivity index (χ0v) is 12.3. The predicted molar refractivity (Wildman–Crippen MR) is 78.0 cm³/mol. The van der Waals surface area contributed by atoms with E-state index in [4.69, 9.17) is 9.15 Å². The summed E-state index contributed by atoms with van der Waals surface area (Å²) in [4.78, 5) is 11.9. The van der Waals surface area contributed by atoms with Crippen LogP contribution in [0.1, 0.15) is 22.8 Å². The van der Waals surface area contributed by atoms with Gasteiger partial charge in [-0.15, -0.1) is 0 Å². The normalized spacial score (nSPS) is 10.5. The van der Waals surface area contributed by atoms with Crippen molar-refractivity contribution >= 4 is 38.6 Å². The van der Waals surface area contributed by atoms with Crippen LogP contribution in [0, 0.1) is 0 Å². The van der Waals surface area contributed by atoms with Gasteiger partial charge in [0, 0.05) is 18.0 Å². The molecule has 2 aromatic rings. The number of benzene rings is 1. The number of rotatable bonds is 4. The van der Waals surface area contributed by atoms with E-state index in [9.17, 15) is 4.79 Å². The summed E-state index contributed by atoms with van der Waals surface area (Å²) in [5.74, 6) is 0.320. The molecule has 0 aliphatic heterocycles. The van der Waals surface area contributed by atoms with Crippen molar-refractivity contribution in [2.45, 2.75) is 6.92 Å². The molecule has 0 saturated carbocycles. The highest BCUT2D eigenvalue weighted by atomic mass is 79.9. The number of hydrogen-bond acceptors (Lipinski definition) is 3. The van der Waals surface area contributed by atoms with E-state index in [1.807, 2.05) is 13.0 Å². The molecule has 0 radical (unpaired) electrons. The summed E-state index contributed by atoms with van der Waals surface area (Å²) < 4.78 is 11.6. The quantitative estimate of drug-likeness (QED) is 0.875. The first-order valence-corrected chi connectivity index (χ1v) is 6.62. The molecule has 2 rings (SSSR count). The smallest absolute Gasteiger partial charge is 0.254 e. The van der Waals surface area contributed by atoms with Crippen LogP contribution in [0.4, 0.5) is 0 Å². The van der Waals surface area contributed by atoms with Crippen LogP contribution in [0.3, 0.4) is 0 Å². The van der Waals surface area contributed by atoms with Gasteiger partial charge in [0.05, 0.1) is 16.6 Å². The first-order valence-electron chi connectivity index (χ1n) is 5.83. The molecular formula is C14H14BrNO3. The molecule has 100 valence electrons. The summed E-state index contributed by atoms with van der Waals surface area (Å²) in [5, 5.41) is 3.41. The Balaban J connectivity index is 2.64. The highest BCUT2D eigenvalue weighted by Gasteiger charge is 2.17. The summed E-state index contributed by atoms with van der Waals surface area (Å²) in [5.41, 5.74) is 1.76. The van der Waals surface area contributed by atoms with E-state index in [1.54, 1.807) is 19.4 Å². The second kappa shape index (κ2) is 5.48. The zero-order chi connectivity index (χ0) is 14.0. The fourth-order valence-corrected chi connectivity index (χ4v) is 2.22. The lowest BCUT2D eigenvalue weighted by atomic mass is 10.1. The molecule has 0 atom stereocenters. The SMILES string of the molecule is C=C(OCC)c1cc(C(=O)NC)c2occ(Br)c2c1. The van der Waals surface area contributed by atoms with Gasteiger partial charge in [-0.25, -0.2) is 0 Å². The van der Waals surface area contributed by atoms with Crippen LogP contribution < -0.4 is 5.32 Å². The van der Waals surface area contributed by atoms with Crippen LogP contribution in [-0.4, -0.2) is 19.6 Å². The minimum Gasteiger partial charge on any atom is -0.494 e. The summed E-state index contributed by atoms with van der Waals surface area (Å²) in [6, 6.07) is 3.60. The molecule has 1 aromatic carbocycles. The van der Waals surface area contributed by atoms with E-state index in [2.05, 4.69) is 27.8 Å². The van der Waals surface area contributed by atoms with Gasteiger partial charge in [-0.05, 0) is 35.0 Å². The van der Waals surface area contributed by atoms with E-state index < -0.39 is 0 Å². The predicted octanol–water partition coefficient (Wildman–Crippen LogP) is 3.56. The van der Waals surface area contributed by atoms with Gasteiger partial charge in [0.1, 0.15) is 17.6 Å². The van der Waals surface area contributed by atoms with E-state index in [1.165, 1.54) is 0 Å². The Morgan fingerprint density at radius 1 is 1.53 bits per heavy atom. The van der Waals surface area contributed by atoms with Gasteiger partial charge in [-0.2, -0.15) is 0 Å². The van der Waals surface area contributed by atoms with Crippen LogP contribution in [0.25, 0.3) is 16.7 Å². The molecule has 1 amide bonds. The number of ether oxygens (including phenoxy) is 1. The Bertz CT molecular complexity index is 645. The monoisotopic (exact) mass is 323 g/mol. The van der Waals surface area contributed by atoms with Crippen molar-refractivity contribution in [3.63, 3.8) is 0 Å². The number of carbonyl (C=O) groups excluding carboxylic acids is 1. The minimum atomic E-state index is -0.210. The van der Waals surface area contributed by atoms with Crippen LogP contribution in [0.5, 0.6) is 0 Å². The molecule has 4 nitrogen and oxygen atoms in total. The largest absolute Gasteiger partial charge is 0.494 e. The lowest BCUT2D eigenvalue weighted by Gasteiger charge is -2.09. The van der Waals surface area contributed by atoms with Gasteiger partial charge in [-0.3, -0.25) is 4.79 Å². The average molecular weight is 324 g/mol.